The molecule has 0 aromatic heterocycles. The van der Waals surface area contributed by atoms with Crippen molar-refractivity contribution in [3.63, 3.8) is 0 Å². The van der Waals surface area contributed by atoms with Gasteiger partial charge in [-0.05, 0) is 226 Å². The smallest absolute Gasteiger partial charge is 0.257 e. The molecule has 10 rings (SSSR count). The van der Waals surface area contributed by atoms with E-state index in [1.807, 2.05) is 98.6 Å². The van der Waals surface area contributed by atoms with Crippen molar-refractivity contribution in [1.82, 2.24) is 0 Å². The fourth-order valence-corrected chi connectivity index (χ4v) is 12.0. The Bertz CT molecular complexity index is 4240. The zero-order valence-corrected chi connectivity index (χ0v) is 65.1. The first-order valence-corrected chi connectivity index (χ1v) is 36.9. The number of anilines is 14. The molecule has 24 N–H and O–H groups in total. The fraction of sp³-hybridized carbons (Fsp3) is 0.357. The van der Waals surface area contributed by atoms with E-state index in [2.05, 4.69) is 86.0 Å². The molecule has 0 aliphatic carbocycles. The van der Waals surface area contributed by atoms with Crippen molar-refractivity contribution in [2.24, 2.45) is 28.9 Å². The number of carbonyl (C=O) groups excluding carboxylic acids is 6. The molecule has 2 saturated heterocycles. The van der Waals surface area contributed by atoms with Crippen molar-refractivity contribution in [3.8, 4) is 5.75 Å². The first-order valence-electron chi connectivity index (χ1n) is 36.9. The molecule has 2 aliphatic heterocycles. The molecular formula is C84H117N17O7. The predicted molar refractivity (Wildman–Crippen MR) is 450 cm³/mol. The number of benzene rings is 8. The number of amides is 5. The van der Waals surface area contributed by atoms with E-state index in [1.54, 1.807) is 79.7 Å². The molecule has 1 atom stereocenters. The minimum Gasteiger partial charge on any atom is -0.508 e. The zero-order valence-electron chi connectivity index (χ0n) is 65.1. The number of carbonyl (C=O) groups is 6. The molecule has 2 heterocycles. The third-order valence-corrected chi connectivity index (χ3v) is 18.3. The number of phenols is 1. The second kappa shape index (κ2) is 42.4. The maximum Gasteiger partial charge on any atom is 0.257 e. The van der Waals surface area contributed by atoms with Crippen LogP contribution in [0, 0.1) is 19.8 Å². The normalized spacial score (nSPS) is 12.2. The average Bonchev–Trinajstić information content (AvgIpc) is 0.880. The topological polar surface area (TPSA) is 432 Å². The largest absolute Gasteiger partial charge is 0.508 e. The van der Waals surface area contributed by atoms with Crippen LogP contribution in [0.25, 0.3) is 0 Å². The first-order chi connectivity index (χ1) is 51.1. The van der Waals surface area contributed by atoms with Crippen LogP contribution in [-0.2, 0) is 0 Å². The van der Waals surface area contributed by atoms with Crippen LogP contribution >= 0.6 is 0 Å². The van der Waals surface area contributed by atoms with Gasteiger partial charge in [0.05, 0.1) is 27.8 Å². The summed E-state index contributed by atoms with van der Waals surface area (Å²) in [5, 5.41) is 18.9. The van der Waals surface area contributed by atoms with Crippen molar-refractivity contribution in [3.05, 3.63) is 196 Å². The Balaban J connectivity index is 0.000000233. The van der Waals surface area contributed by atoms with Crippen LogP contribution in [0.4, 0.5) is 79.6 Å². The maximum absolute atomic E-state index is 12.4. The molecule has 1 unspecified atom stereocenters. The Morgan fingerprint density at radius 2 is 0.898 bits per heavy atom. The van der Waals surface area contributed by atoms with Gasteiger partial charge in [-0.3, -0.25) is 28.8 Å². The monoisotopic (exact) mass is 1480 g/mol. The lowest BCUT2D eigenvalue weighted by Gasteiger charge is -2.31. The molecule has 2 fully saturated rings. The highest BCUT2D eigenvalue weighted by Gasteiger charge is 2.20. The number of ketones is 1. The van der Waals surface area contributed by atoms with E-state index < -0.39 is 23.6 Å². The van der Waals surface area contributed by atoms with Gasteiger partial charge in [-0.2, -0.15) is 0 Å². The molecule has 8 aromatic rings. The van der Waals surface area contributed by atoms with Crippen molar-refractivity contribution in [2.75, 3.05) is 110 Å². The summed E-state index contributed by atoms with van der Waals surface area (Å²) >= 11 is 0. The fourth-order valence-electron chi connectivity index (χ4n) is 12.0. The highest BCUT2D eigenvalue weighted by Crippen LogP contribution is 2.31. The van der Waals surface area contributed by atoms with Gasteiger partial charge in [0.15, 0.2) is 5.78 Å². The molecule has 0 bridgehead atoms. The van der Waals surface area contributed by atoms with E-state index >= 15 is 0 Å². The minimum absolute atomic E-state index is 0.0357. The third-order valence-electron chi connectivity index (χ3n) is 18.3. The molecule has 24 heteroatoms. The Labute approximate surface area is 638 Å². The van der Waals surface area contributed by atoms with Gasteiger partial charge in [-0.25, -0.2) is 0 Å². The standard InChI is InChI=1S/C17H19N3O2.C15H17N3O.C15H25N3O.C14H23N3O.C12H16N2O.C11H17N3O/c18-16-7-6-13(20-8-1-2-9-20)11-15(16)17(22)19-12-4-3-5-14(21)10-12;1-9-4-3-5-10(2)14(9)18-11-6-7-13(16)12(8-11)15(17)19;1-3-4-5-6-7-11(2)18-12-8-9-14(16)13(10-12)15(17)19;1-9(2)8-17(10(3)4)11-5-6-13(15)12(7-11)14(16)18;1-9(15)11-8-10(4-5-12(11)13)14-6-2-3-7-14;1-7(2)14(3)8-4-5-10(12)9(6-8)11(13)15/h3-7,10-11,21H,1-2,8-9,18H2,(H,19,22);3-8,18H,16H2,1-2H3,(H2,17,19);8-11,18H,3-7,16H2,1-2H3,(H2,17,19);5-7,9-10H,8,15H2,1-4H3,(H2,16,18);4-5,8H,2-3,6-7,13H2,1H3;4-7H,12H2,1-3H3,(H2,13,15). The number of nitrogens with two attached hydrogens (primary N) is 10. The van der Waals surface area contributed by atoms with Crippen molar-refractivity contribution in [2.45, 2.75) is 152 Å². The summed E-state index contributed by atoms with van der Waals surface area (Å²) in [7, 11) is 1.96. The van der Waals surface area contributed by atoms with Gasteiger partial charge < -0.3 is 98.0 Å². The summed E-state index contributed by atoms with van der Waals surface area (Å²) < 4.78 is 0. The van der Waals surface area contributed by atoms with Crippen LogP contribution in [-0.4, -0.2) is 98.3 Å². The Morgan fingerprint density at radius 1 is 0.472 bits per heavy atom. The molecule has 24 nitrogen and oxygen atoms in total. The van der Waals surface area contributed by atoms with E-state index in [9.17, 15) is 33.9 Å². The quantitative estimate of drug-likeness (QED) is 0.0152. The first kappa shape index (κ1) is 86.8. The maximum atomic E-state index is 12.4. The Kier molecular flexibility index (Phi) is 34.0. The van der Waals surface area contributed by atoms with Crippen molar-refractivity contribution >= 4 is 115 Å². The number of hydrogen-bond acceptors (Lipinski definition) is 19. The lowest BCUT2D eigenvalue weighted by molar-refractivity contribution is 0.0992. The van der Waals surface area contributed by atoms with E-state index in [4.69, 9.17) is 57.3 Å². The van der Waals surface area contributed by atoms with Gasteiger partial charge in [0.2, 0.25) is 0 Å². The average molecular weight is 1480 g/mol. The van der Waals surface area contributed by atoms with Gasteiger partial charge in [-0.15, -0.1) is 0 Å². The van der Waals surface area contributed by atoms with E-state index in [-0.39, 0.29) is 17.4 Å². The third kappa shape index (κ3) is 27.0. The molecule has 0 saturated carbocycles. The van der Waals surface area contributed by atoms with Crippen LogP contribution in [0.3, 0.4) is 0 Å². The number of unbranched alkanes of at least 4 members (excludes halogenated alkanes) is 3. The van der Waals surface area contributed by atoms with Crippen LogP contribution in [0.1, 0.15) is 193 Å². The number of phenolic OH excluding ortho intramolecular Hbond substituents is 1. The minimum atomic E-state index is -0.525. The van der Waals surface area contributed by atoms with Gasteiger partial charge in [-0.1, -0.05) is 70.7 Å². The number of nitrogen functional groups attached to an aromatic ring is 6. The van der Waals surface area contributed by atoms with Crippen LogP contribution in [0.2, 0.25) is 0 Å². The summed E-state index contributed by atoms with van der Waals surface area (Å²) in [5.74, 6) is -1.58. The SMILES string of the molecule is CC(=O)c1cc(N2CCCC2)ccc1N.CC(C)CN(c1ccc(N)c(C(N)=O)c1)C(C)C.CC(C)N(C)c1ccc(N)c(C(N)=O)c1.CCCCCCC(C)Nc1ccc(N)c(C(N)=O)c1.Cc1cccc(C)c1Nc1ccc(N)c(C(N)=O)c1.Nc1ccc(N2CCCC2)cc1C(=O)Nc1cccc(O)c1. The molecule has 8 aromatic carbocycles. The van der Waals surface area contributed by atoms with Gasteiger partial charge >= 0.3 is 0 Å². The molecule has 5 amide bonds. The lowest BCUT2D eigenvalue weighted by Crippen LogP contribution is -2.34. The van der Waals surface area contributed by atoms with Crippen molar-refractivity contribution < 1.29 is 33.9 Å². The van der Waals surface area contributed by atoms with E-state index in [1.165, 1.54) is 57.4 Å². The number of primary amides is 4. The number of nitrogens with one attached hydrogen (secondary N) is 3. The number of aromatic hydroxyl groups is 1. The lowest BCUT2D eigenvalue weighted by atomic mass is 10.1. The number of rotatable bonds is 24. The molecule has 2 aliphatic rings. The van der Waals surface area contributed by atoms with Crippen LogP contribution in [0.5, 0.6) is 5.75 Å². The number of aryl methyl sites for hydroxylation is 2. The van der Waals surface area contributed by atoms with Gasteiger partial charge in [0, 0.05) is 149 Å². The van der Waals surface area contributed by atoms with Crippen LogP contribution < -0.4 is 92.9 Å². The predicted octanol–water partition coefficient (Wildman–Crippen LogP) is 14.2. The zero-order chi connectivity index (χ0) is 80.1. The molecule has 0 radical (unpaired) electrons. The molecule has 108 heavy (non-hydrogen) atoms. The van der Waals surface area contributed by atoms with Gasteiger partial charge in [0.1, 0.15) is 5.75 Å². The van der Waals surface area contributed by atoms with Crippen LogP contribution in [0.15, 0.2) is 152 Å². The summed E-state index contributed by atoms with van der Waals surface area (Å²) in [6.45, 7) is 27.8. The number of Topliss-reactive ketones (excluding diaryl/α,β-unsaturated/α-hetero) is 1. The molecular weight excluding hydrogens is 1360 g/mol. The second-order valence-electron chi connectivity index (χ2n) is 28.2. The molecule has 580 valence electrons. The van der Waals surface area contributed by atoms with Gasteiger partial charge in [0.25, 0.3) is 29.5 Å². The number of hydrogen-bond donors (Lipinski definition) is 14. The summed E-state index contributed by atoms with van der Waals surface area (Å²) in [6, 6.07) is 46.1. The second-order valence-corrected chi connectivity index (χ2v) is 28.2. The number of nitrogens with zero attached hydrogens (tertiary/aromatic N) is 4. The van der Waals surface area contributed by atoms with Crippen molar-refractivity contribution in [1.29, 1.82) is 0 Å². The summed E-state index contributed by atoms with van der Waals surface area (Å²) in [4.78, 5) is 77.5. The summed E-state index contributed by atoms with van der Waals surface area (Å²) in [6.07, 6.45) is 11.0. The number of para-hydroxylation sites is 1. The highest BCUT2D eigenvalue weighted by molar-refractivity contribution is 6.08. The highest BCUT2D eigenvalue weighted by atomic mass is 16.3. The Hall–Kier alpha value is -11.8. The Morgan fingerprint density at radius 3 is 1.36 bits per heavy atom. The molecule has 0 spiro atoms. The van der Waals surface area contributed by atoms with E-state index in [0.717, 1.165) is 90.1 Å². The van der Waals surface area contributed by atoms with E-state index in [0.29, 0.717) is 97.2 Å². The summed E-state index contributed by atoms with van der Waals surface area (Å²) in [5.41, 5.74) is 70.5.